The zero-order chi connectivity index (χ0) is 17.4. The van der Waals surface area contributed by atoms with Crippen LogP contribution in [-0.4, -0.2) is 65.4 Å². The van der Waals surface area contributed by atoms with Crippen molar-refractivity contribution in [3.05, 3.63) is 0 Å². The molecule has 0 radical (unpaired) electrons. The van der Waals surface area contributed by atoms with Crippen LogP contribution >= 0.6 is 0 Å². The molecule has 0 heterocycles. The number of rotatable bonds is 10. The molecule has 0 aliphatic rings. The minimum Gasteiger partial charge on any atom is -0.415 e. The molecule has 0 bridgehead atoms. The van der Waals surface area contributed by atoms with Gasteiger partial charge in [-0.05, 0) is 32.1 Å². The lowest BCUT2D eigenvalue weighted by atomic mass is 10.4. The predicted octanol–water partition coefficient (Wildman–Crippen LogP) is 0.790. The summed E-state index contributed by atoms with van der Waals surface area (Å²) in [7, 11) is -3.44. The molecule has 9 heteroatoms. The fourth-order valence-corrected chi connectivity index (χ4v) is 8.08. The maximum atomic E-state index is 11.6. The molecule has 7 nitrogen and oxygen atoms in total. The fourth-order valence-electron chi connectivity index (χ4n) is 2.11. The molecule has 22 heavy (non-hydrogen) atoms. The Morgan fingerprint density at radius 2 is 1.77 bits per heavy atom. The summed E-state index contributed by atoms with van der Waals surface area (Å²) in [5.74, 6) is -0.129. The highest BCUT2D eigenvalue weighted by molar-refractivity contribution is 6.78. The highest BCUT2D eigenvalue weighted by Gasteiger charge is 2.37. The summed E-state index contributed by atoms with van der Waals surface area (Å²) >= 11 is 0. The summed E-state index contributed by atoms with van der Waals surface area (Å²) in [6.07, 6.45) is 0.737. The maximum Gasteiger partial charge on any atom is 0.325 e. The molecule has 130 valence electrons. The molecular formula is C13H30N2O5Si2. The summed E-state index contributed by atoms with van der Waals surface area (Å²) < 4.78 is 11.3. The first-order valence-electron chi connectivity index (χ1n) is 7.47. The van der Waals surface area contributed by atoms with Gasteiger partial charge in [-0.1, -0.05) is 0 Å². The van der Waals surface area contributed by atoms with Gasteiger partial charge in [0.05, 0.1) is 0 Å². The van der Waals surface area contributed by atoms with E-state index in [1.54, 1.807) is 25.1 Å². The minimum absolute atomic E-state index is 0.0241. The van der Waals surface area contributed by atoms with Crippen LogP contribution in [0.3, 0.4) is 0 Å². The Morgan fingerprint density at radius 1 is 1.18 bits per heavy atom. The predicted molar refractivity (Wildman–Crippen MR) is 89.8 cm³/mol. The van der Waals surface area contributed by atoms with Crippen molar-refractivity contribution in [2.45, 2.75) is 46.0 Å². The van der Waals surface area contributed by atoms with Gasteiger partial charge in [0.1, 0.15) is 0 Å². The summed E-state index contributed by atoms with van der Waals surface area (Å²) in [5, 5.41) is 2.68. The van der Waals surface area contributed by atoms with Gasteiger partial charge in [-0.2, -0.15) is 0 Å². The Labute approximate surface area is 135 Å². The number of nitrogens with one attached hydrogen (secondary N) is 1. The largest absolute Gasteiger partial charge is 0.415 e. The van der Waals surface area contributed by atoms with E-state index in [1.807, 2.05) is 6.55 Å². The molecule has 0 saturated heterocycles. The summed E-state index contributed by atoms with van der Waals surface area (Å²) in [5.41, 5.74) is 0. The molecule has 2 N–H and O–H groups in total. The second-order valence-electron chi connectivity index (χ2n) is 5.98. The van der Waals surface area contributed by atoms with E-state index in [0.717, 1.165) is 6.42 Å². The molecule has 0 aromatic heterocycles. The van der Waals surface area contributed by atoms with Crippen molar-refractivity contribution in [3.8, 4) is 0 Å². The van der Waals surface area contributed by atoms with Crippen molar-refractivity contribution in [3.63, 3.8) is 0 Å². The highest BCUT2D eigenvalue weighted by atomic mass is 28.5. The van der Waals surface area contributed by atoms with Gasteiger partial charge >= 0.3 is 17.1 Å². The normalized spacial score (nSPS) is 14.3. The smallest absolute Gasteiger partial charge is 0.325 e. The summed E-state index contributed by atoms with van der Waals surface area (Å²) in [4.78, 5) is 34.1. The molecule has 0 saturated carbocycles. The van der Waals surface area contributed by atoms with Crippen LogP contribution in [0.5, 0.6) is 0 Å². The zero-order valence-corrected chi connectivity index (χ0v) is 16.6. The zero-order valence-electron chi connectivity index (χ0n) is 14.6. The van der Waals surface area contributed by atoms with Gasteiger partial charge < -0.3 is 23.6 Å². The van der Waals surface area contributed by atoms with E-state index in [9.17, 15) is 14.4 Å². The average molecular weight is 351 g/mol. The van der Waals surface area contributed by atoms with Gasteiger partial charge in [-0.25, -0.2) is 0 Å². The average Bonchev–Trinajstić information content (AvgIpc) is 2.34. The first-order chi connectivity index (χ1) is 9.99. The van der Waals surface area contributed by atoms with Crippen LogP contribution in [0, 0.1) is 0 Å². The van der Waals surface area contributed by atoms with Gasteiger partial charge in [-0.15, -0.1) is 0 Å². The van der Waals surface area contributed by atoms with E-state index in [-0.39, 0.29) is 11.8 Å². The van der Waals surface area contributed by atoms with Crippen LogP contribution in [-0.2, 0) is 18.1 Å². The van der Waals surface area contributed by atoms with Gasteiger partial charge in [0, 0.05) is 40.6 Å². The van der Waals surface area contributed by atoms with Crippen molar-refractivity contribution in [1.82, 2.24) is 10.2 Å². The maximum absolute atomic E-state index is 11.6. The summed E-state index contributed by atoms with van der Waals surface area (Å²) in [6, 6.07) is 0.699. The number of hydrogen-bond donors (Lipinski definition) is 2. The van der Waals surface area contributed by atoms with Crippen LogP contribution in [0.1, 0.15) is 20.3 Å². The molecule has 0 fully saturated rings. The monoisotopic (exact) mass is 350 g/mol. The third kappa shape index (κ3) is 10.1. The molecule has 0 aliphatic heterocycles. The van der Waals surface area contributed by atoms with E-state index in [4.69, 9.17) is 8.54 Å². The molecular weight excluding hydrogens is 320 g/mol. The first kappa shape index (κ1) is 21.3. The Balaban J connectivity index is 4.35. The van der Waals surface area contributed by atoms with E-state index < -0.39 is 17.1 Å². The number of nitrogens with zero attached hydrogens (tertiary/aromatic N) is 1. The number of carbonyl (C=O) groups excluding carboxylic acids is 2. The third-order valence-corrected chi connectivity index (χ3v) is 9.01. The van der Waals surface area contributed by atoms with E-state index in [2.05, 4.69) is 5.32 Å². The number of carbonyl (C=O) groups is 2. The SMILES string of the molecule is CO[Si](C)(CCCN(CCNC(C)=O)C(C)=O)O[Si](C)(C)O. The molecule has 2 amide bonds. The Hall–Kier alpha value is -0.746. The van der Waals surface area contributed by atoms with Crippen molar-refractivity contribution >= 4 is 28.9 Å². The Bertz CT molecular complexity index is 376. The van der Waals surface area contributed by atoms with Gasteiger partial charge in [0.25, 0.3) is 0 Å². The Kier molecular flexibility index (Phi) is 9.09. The van der Waals surface area contributed by atoms with Crippen LogP contribution < -0.4 is 5.32 Å². The second-order valence-corrected chi connectivity index (χ2v) is 12.9. The van der Waals surface area contributed by atoms with Gasteiger partial charge in [0.2, 0.25) is 11.8 Å². The molecule has 0 spiro atoms. The quantitative estimate of drug-likeness (QED) is 0.569. The van der Waals surface area contributed by atoms with Gasteiger partial charge in [0.15, 0.2) is 0 Å². The second kappa shape index (κ2) is 9.41. The third-order valence-electron chi connectivity index (χ3n) is 3.16. The molecule has 1 unspecified atom stereocenters. The van der Waals surface area contributed by atoms with Crippen molar-refractivity contribution < 1.29 is 22.9 Å². The van der Waals surface area contributed by atoms with Crippen LogP contribution in [0.15, 0.2) is 0 Å². The van der Waals surface area contributed by atoms with E-state index in [1.165, 1.54) is 13.8 Å². The lowest BCUT2D eigenvalue weighted by Crippen LogP contribution is -2.48. The van der Waals surface area contributed by atoms with Crippen LogP contribution in [0.25, 0.3) is 0 Å². The molecule has 0 rings (SSSR count). The van der Waals surface area contributed by atoms with Crippen molar-refractivity contribution in [1.29, 1.82) is 0 Å². The lowest BCUT2D eigenvalue weighted by Gasteiger charge is -2.31. The van der Waals surface area contributed by atoms with Crippen LogP contribution in [0.2, 0.25) is 25.7 Å². The molecule has 0 aliphatic carbocycles. The minimum atomic E-state index is -2.64. The Morgan fingerprint density at radius 3 is 2.18 bits per heavy atom. The molecule has 1 atom stereocenters. The highest BCUT2D eigenvalue weighted by Crippen LogP contribution is 2.19. The van der Waals surface area contributed by atoms with Crippen molar-refractivity contribution in [2.75, 3.05) is 26.7 Å². The van der Waals surface area contributed by atoms with E-state index >= 15 is 0 Å². The number of hydrogen-bond acceptors (Lipinski definition) is 5. The lowest BCUT2D eigenvalue weighted by molar-refractivity contribution is -0.129. The first-order valence-corrected chi connectivity index (χ1v) is 12.8. The topological polar surface area (TPSA) is 88.1 Å². The summed E-state index contributed by atoms with van der Waals surface area (Å²) in [6.45, 7) is 9.83. The van der Waals surface area contributed by atoms with Gasteiger partial charge in [-0.3, -0.25) is 9.59 Å². The fraction of sp³-hybridized carbons (Fsp3) is 0.846. The number of amides is 2. The standard InChI is InChI=1S/C13H30N2O5Si2/c1-12(16)14-8-10-15(13(2)17)9-7-11-22(6,19-3)20-21(4,5)18/h18H,7-11H2,1-6H3,(H,14,16). The molecule has 0 aromatic carbocycles. The van der Waals surface area contributed by atoms with Crippen molar-refractivity contribution in [2.24, 2.45) is 0 Å². The molecule has 0 aromatic rings. The van der Waals surface area contributed by atoms with E-state index in [0.29, 0.717) is 25.7 Å². The van der Waals surface area contributed by atoms with Crippen LogP contribution in [0.4, 0.5) is 0 Å².